The average molecular weight is 472 g/mol. The van der Waals surface area contributed by atoms with Crippen LogP contribution in [0.25, 0.3) is 10.2 Å². The van der Waals surface area contributed by atoms with Crippen molar-refractivity contribution in [3.63, 3.8) is 0 Å². The third kappa shape index (κ3) is 4.92. The minimum atomic E-state index is -3.57. The predicted octanol–water partition coefficient (Wildman–Crippen LogP) is 4.67. The van der Waals surface area contributed by atoms with E-state index in [9.17, 15) is 13.2 Å². The maximum atomic E-state index is 12.9. The fourth-order valence-electron chi connectivity index (χ4n) is 3.31. The summed E-state index contributed by atoms with van der Waals surface area (Å²) in [5, 5.41) is 0. The standard InChI is InChI=1S/C24H29N3O3S2/c1-6-8-14-26(5)32(29,30)20-11-9-19(10-12-20)23(28)25-24-27(13-7-2)21-15-17(3)18(4)16-22(21)31-24/h7,9-12,15-16H,2,6,8,13-14H2,1,3-5H3. The van der Waals surface area contributed by atoms with Crippen LogP contribution in [0.2, 0.25) is 0 Å². The van der Waals surface area contributed by atoms with E-state index in [2.05, 4.69) is 37.6 Å². The fourth-order valence-corrected chi connectivity index (χ4v) is 5.64. The van der Waals surface area contributed by atoms with Crippen LogP contribution < -0.4 is 4.80 Å². The first-order valence-electron chi connectivity index (χ1n) is 10.6. The zero-order chi connectivity index (χ0) is 23.5. The summed E-state index contributed by atoms with van der Waals surface area (Å²) >= 11 is 1.45. The van der Waals surface area contributed by atoms with Gasteiger partial charge in [0.15, 0.2) is 4.80 Å². The van der Waals surface area contributed by atoms with E-state index >= 15 is 0 Å². The number of hydrogen-bond acceptors (Lipinski definition) is 4. The first kappa shape index (κ1) is 24.1. The lowest BCUT2D eigenvalue weighted by Gasteiger charge is -2.16. The number of amides is 1. The Morgan fingerprint density at radius 2 is 1.84 bits per heavy atom. The van der Waals surface area contributed by atoms with Gasteiger partial charge < -0.3 is 4.57 Å². The van der Waals surface area contributed by atoms with E-state index in [1.807, 2.05) is 11.5 Å². The molecule has 0 saturated carbocycles. The molecule has 3 aromatic rings. The van der Waals surface area contributed by atoms with Gasteiger partial charge in [-0.05, 0) is 67.8 Å². The van der Waals surface area contributed by atoms with Crippen molar-refractivity contribution in [2.45, 2.75) is 45.1 Å². The average Bonchev–Trinajstić information content (AvgIpc) is 3.08. The van der Waals surface area contributed by atoms with E-state index in [1.165, 1.54) is 51.0 Å². The third-order valence-corrected chi connectivity index (χ3v) is 8.36. The molecular formula is C24H29N3O3S2. The van der Waals surface area contributed by atoms with Gasteiger partial charge in [0.2, 0.25) is 10.0 Å². The molecule has 3 rings (SSSR count). The summed E-state index contributed by atoms with van der Waals surface area (Å²) in [4.78, 5) is 18.0. The SMILES string of the molecule is C=CCn1c(=NC(=O)c2ccc(S(=O)(=O)N(C)CCCC)cc2)sc2cc(C)c(C)cc21. The Bertz CT molecular complexity index is 1320. The van der Waals surface area contributed by atoms with Crippen molar-refractivity contribution >= 4 is 37.5 Å². The van der Waals surface area contributed by atoms with E-state index in [-0.39, 0.29) is 4.90 Å². The Morgan fingerprint density at radius 1 is 1.19 bits per heavy atom. The molecule has 0 spiro atoms. The Kier molecular flexibility index (Phi) is 7.48. The molecule has 170 valence electrons. The number of aromatic nitrogens is 1. The van der Waals surface area contributed by atoms with E-state index in [0.29, 0.717) is 23.5 Å². The van der Waals surface area contributed by atoms with E-state index in [4.69, 9.17) is 0 Å². The Morgan fingerprint density at radius 3 is 2.47 bits per heavy atom. The zero-order valence-electron chi connectivity index (χ0n) is 19.0. The van der Waals surface area contributed by atoms with Crippen LogP contribution in [0.3, 0.4) is 0 Å². The largest absolute Gasteiger partial charge is 0.312 e. The number of allylic oxidation sites excluding steroid dienone is 1. The predicted molar refractivity (Wildman–Crippen MR) is 131 cm³/mol. The van der Waals surface area contributed by atoms with Crippen LogP contribution >= 0.6 is 11.3 Å². The summed E-state index contributed by atoms with van der Waals surface area (Å²) < 4.78 is 29.7. The van der Waals surface area contributed by atoms with Crippen molar-refractivity contribution in [1.82, 2.24) is 8.87 Å². The van der Waals surface area contributed by atoms with Gasteiger partial charge in [-0.15, -0.1) is 6.58 Å². The van der Waals surface area contributed by atoms with Crippen LogP contribution in [0, 0.1) is 13.8 Å². The molecule has 0 saturated heterocycles. The lowest BCUT2D eigenvalue weighted by atomic mass is 10.1. The van der Waals surface area contributed by atoms with Crippen LogP contribution in [-0.4, -0.2) is 36.8 Å². The number of nitrogens with zero attached hydrogens (tertiary/aromatic N) is 3. The smallest absolute Gasteiger partial charge is 0.279 e. The highest BCUT2D eigenvalue weighted by atomic mass is 32.2. The van der Waals surface area contributed by atoms with Crippen LogP contribution in [0.4, 0.5) is 0 Å². The van der Waals surface area contributed by atoms with Gasteiger partial charge in [-0.2, -0.15) is 4.99 Å². The van der Waals surface area contributed by atoms with Gasteiger partial charge in [0, 0.05) is 25.7 Å². The number of carbonyl (C=O) groups is 1. The van der Waals surface area contributed by atoms with E-state index in [0.717, 1.165) is 23.1 Å². The summed E-state index contributed by atoms with van der Waals surface area (Å²) in [6.45, 7) is 11.0. The number of carbonyl (C=O) groups excluding carboxylic acids is 1. The summed E-state index contributed by atoms with van der Waals surface area (Å²) in [6.07, 6.45) is 3.49. The number of unbranched alkanes of at least 4 members (excludes halogenated alkanes) is 1. The number of aryl methyl sites for hydroxylation is 2. The van der Waals surface area contributed by atoms with Crippen LogP contribution in [0.15, 0.2) is 58.9 Å². The Hall–Kier alpha value is -2.55. The number of sulfonamides is 1. The summed E-state index contributed by atoms with van der Waals surface area (Å²) in [6, 6.07) is 10.2. The van der Waals surface area contributed by atoms with Crippen molar-refractivity contribution in [1.29, 1.82) is 0 Å². The molecule has 0 aliphatic carbocycles. The minimum absolute atomic E-state index is 0.169. The zero-order valence-corrected chi connectivity index (χ0v) is 20.6. The summed E-state index contributed by atoms with van der Waals surface area (Å²) in [5.74, 6) is -0.411. The topological polar surface area (TPSA) is 71.7 Å². The molecule has 1 heterocycles. The van der Waals surface area contributed by atoms with Crippen LogP contribution in [-0.2, 0) is 16.6 Å². The number of hydrogen-bond donors (Lipinski definition) is 0. The van der Waals surface area contributed by atoms with Gasteiger partial charge in [0.05, 0.1) is 15.1 Å². The second-order valence-electron chi connectivity index (χ2n) is 7.81. The molecule has 0 unspecified atom stereocenters. The normalized spacial score (nSPS) is 12.6. The maximum absolute atomic E-state index is 12.9. The quantitative estimate of drug-likeness (QED) is 0.448. The van der Waals surface area contributed by atoms with Crippen molar-refractivity contribution in [2.24, 2.45) is 4.99 Å². The molecule has 8 heteroatoms. The molecular weight excluding hydrogens is 442 g/mol. The summed E-state index contributed by atoms with van der Waals surface area (Å²) in [5.41, 5.74) is 3.71. The summed E-state index contributed by atoms with van der Waals surface area (Å²) in [7, 11) is -2.00. The van der Waals surface area contributed by atoms with Gasteiger partial charge in [0.1, 0.15) is 0 Å². The molecule has 0 fully saturated rings. The molecule has 32 heavy (non-hydrogen) atoms. The second-order valence-corrected chi connectivity index (χ2v) is 10.9. The maximum Gasteiger partial charge on any atom is 0.279 e. The van der Waals surface area contributed by atoms with Crippen molar-refractivity contribution in [3.8, 4) is 0 Å². The minimum Gasteiger partial charge on any atom is -0.312 e. The van der Waals surface area contributed by atoms with Crippen LogP contribution in [0.5, 0.6) is 0 Å². The van der Waals surface area contributed by atoms with Gasteiger partial charge in [0.25, 0.3) is 5.91 Å². The van der Waals surface area contributed by atoms with E-state index < -0.39 is 15.9 Å². The molecule has 0 bridgehead atoms. The molecule has 2 aromatic carbocycles. The Balaban J connectivity index is 1.96. The first-order valence-corrected chi connectivity index (χ1v) is 12.8. The lowest BCUT2D eigenvalue weighted by molar-refractivity contribution is 0.0998. The Labute approximate surface area is 193 Å². The number of fused-ring (bicyclic) bond motifs is 1. The van der Waals surface area contributed by atoms with Gasteiger partial charge in [-0.1, -0.05) is 30.8 Å². The highest BCUT2D eigenvalue weighted by Crippen LogP contribution is 2.22. The molecule has 6 nitrogen and oxygen atoms in total. The highest BCUT2D eigenvalue weighted by Gasteiger charge is 2.20. The van der Waals surface area contributed by atoms with Crippen molar-refractivity contribution in [3.05, 3.63) is 70.5 Å². The van der Waals surface area contributed by atoms with Gasteiger partial charge in [-0.3, -0.25) is 4.79 Å². The van der Waals surface area contributed by atoms with Gasteiger partial charge in [-0.25, -0.2) is 12.7 Å². The second kappa shape index (κ2) is 9.94. The molecule has 1 aromatic heterocycles. The molecule has 0 aliphatic rings. The highest BCUT2D eigenvalue weighted by molar-refractivity contribution is 7.89. The third-order valence-electron chi connectivity index (χ3n) is 5.44. The molecule has 0 atom stereocenters. The molecule has 0 aliphatic heterocycles. The van der Waals surface area contributed by atoms with Crippen molar-refractivity contribution in [2.75, 3.05) is 13.6 Å². The number of thiazole rings is 1. The van der Waals surface area contributed by atoms with E-state index in [1.54, 1.807) is 13.1 Å². The van der Waals surface area contributed by atoms with Crippen LogP contribution in [0.1, 0.15) is 41.3 Å². The first-order chi connectivity index (χ1) is 15.2. The number of benzene rings is 2. The molecule has 1 amide bonds. The molecule has 0 radical (unpaired) electrons. The van der Waals surface area contributed by atoms with Crippen molar-refractivity contribution < 1.29 is 13.2 Å². The monoisotopic (exact) mass is 471 g/mol. The number of rotatable bonds is 8. The van der Waals surface area contributed by atoms with Gasteiger partial charge >= 0.3 is 0 Å². The lowest BCUT2D eigenvalue weighted by Crippen LogP contribution is -2.27. The molecule has 0 N–H and O–H groups in total. The fraction of sp³-hybridized carbons (Fsp3) is 0.333.